The van der Waals surface area contributed by atoms with Crippen molar-refractivity contribution < 1.29 is 9.18 Å². The van der Waals surface area contributed by atoms with Gasteiger partial charge in [0.15, 0.2) is 0 Å². The zero-order valence-corrected chi connectivity index (χ0v) is 13.8. The predicted octanol–water partition coefficient (Wildman–Crippen LogP) is 3.26. The average Bonchev–Trinajstić information content (AvgIpc) is 3.01. The molecule has 0 aromatic heterocycles. The van der Waals surface area contributed by atoms with Crippen LogP contribution in [0.4, 0.5) is 4.39 Å². The Kier molecular flexibility index (Phi) is 5.81. The van der Waals surface area contributed by atoms with Crippen molar-refractivity contribution in [2.75, 3.05) is 26.2 Å². The lowest BCUT2D eigenvalue weighted by Gasteiger charge is -2.24. The van der Waals surface area contributed by atoms with Gasteiger partial charge in [-0.2, -0.15) is 0 Å². The number of hydrogen-bond acceptors (Lipinski definition) is 2. The highest BCUT2D eigenvalue weighted by atomic mass is 35.5. The summed E-state index contributed by atoms with van der Waals surface area (Å²) in [5.41, 5.74) is 2.10. The molecule has 0 atom stereocenters. The van der Waals surface area contributed by atoms with Crippen molar-refractivity contribution in [3.63, 3.8) is 0 Å². The minimum absolute atomic E-state index is 0. The van der Waals surface area contributed by atoms with Crippen molar-refractivity contribution in [2.45, 2.75) is 38.5 Å². The molecular weight excluding hydrogens is 303 g/mol. The molecule has 2 aliphatic heterocycles. The molecule has 0 radical (unpaired) electrons. The fourth-order valence-corrected chi connectivity index (χ4v) is 3.51. The molecular formula is C17H24ClFN2O. The largest absolute Gasteiger partial charge is 0.339 e. The molecule has 3 nitrogen and oxygen atoms in total. The standard InChI is InChI=1S/C17H23FN2O.ClH/c1-12-10-14(13-4-6-19-7-5-13)11-15(18)16(12)17(21)20-8-2-3-9-20;/h10-11,13,19H,2-9H2,1H3;1H. The Morgan fingerprint density at radius 2 is 1.86 bits per heavy atom. The summed E-state index contributed by atoms with van der Waals surface area (Å²) in [5.74, 6) is -0.0739. The van der Waals surface area contributed by atoms with Crippen LogP contribution in [0.5, 0.6) is 0 Å². The molecule has 1 aromatic rings. The Bertz CT molecular complexity index is 514. The number of amides is 1. The van der Waals surface area contributed by atoms with Crippen molar-refractivity contribution in [1.29, 1.82) is 0 Å². The molecule has 5 heteroatoms. The lowest BCUT2D eigenvalue weighted by atomic mass is 9.88. The number of halogens is 2. The number of benzene rings is 1. The maximum atomic E-state index is 14.5. The zero-order chi connectivity index (χ0) is 14.8. The summed E-state index contributed by atoms with van der Waals surface area (Å²) in [7, 11) is 0. The predicted molar refractivity (Wildman–Crippen MR) is 88.4 cm³/mol. The van der Waals surface area contributed by atoms with E-state index in [9.17, 15) is 9.18 Å². The smallest absolute Gasteiger partial charge is 0.257 e. The number of hydrogen-bond donors (Lipinski definition) is 1. The Labute approximate surface area is 137 Å². The van der Waals surface area contributed by atoms with E-state index in [4.69, 9.17) is 0 Å². The summed E-state index contributed by atoms with van der Waals surface area (Å²) in [5, 5.41) is 3.33. The van der Waals surface area contributed by atoms with Gasteiger partial charge in [-0.05, 0) is 68.8 Å². The molecule has 0 bridgehead atoms. The van der Waals surface area contributed by atoms with Crippen LogP contribution in [0.15, 0.2) is 12.1 Å². The fraction of sp³-hybridized carbons (Fsp3) is 0.588. The molecule has 22 heavy (non-hydrogen) atoms. The first-order valence-electron chi connectivity index (χ1n) is 7.97. The van der Waals surface area contributed by atoms with Crippen molar-refractivity contribution in [3.05, 3.63) is 34.6 Å². The molecule has 2 fully saturated rings. The molecule has 1 amide bonds. The first-order valence-corrected chi connectivity index (χ1v) is 7.97. The lowest BCUT2D eigenvalue weighted by molar-refractivity contribution is 0.0787. The second kappa shape index (κ2) is 7.42. The van der Waals surface area contributed by atoms with E-state index in [1.807, 2.05) is 13.0 Å². The first-order chi connectivity index (χ1) is 10.2. The van der Waals surface area contributed by atoms with Crippen molar-refractivity contribution in [2.24, 2.45) is 0 Å². The van der Waals surface area contributed by atoms with E-state index in [1.165, 1.54) is 0 Å². The number of nitrogens with one attached hydrogen (secondary N) is 1. The summed E-state index contributed by atoms with van der Waals surface area (Å²) in [6.07, 6.45) is 4.13. The summed E-state index contributed by atoms with van der Waals surface area (Å²) in [6.45, 7) is 5.35. The topological polar surface area (TPSA) is 32.3 Å². The van der Waals surface area contributed by atoms with Crippen LogP contribution < -0.4 is 5.32 Å². The van der Waals surface area contributed by atoms with Crippen LogP contribution in [0.1, 0.15) is 53.1 Å². The van der Waals surface area contributed by atoms with E-state index in [2.05, 4.69) is 5.32 Å². The maximum Gasteiger partial charge on any atom is 0.257 e. The number of likely N-dealkylation sites (tertiary alicyclic amines) is 1. The van der Waals surface area contributed by atoms with Crippen LogP contribution in [0.2, 0.25) is 0 Å². The number of aryl methyl sites for hydroxylation is 1. The Morgan fingerprint density at radius 1 is 1.23 bits per heavy atom. The van der Waals surface area contributed by atoms with Crippen LogP contribution in [0.25, 0.3) is 0 Å². The van der Waals surface area contributed by atoms with E-state index >= 15 is 0 Å². The normalized spacial score (nSPS) is 19.1. The van der Waals surface area contributed by atoms with Crippen molar-refractivity contribution in [3.8, 4) is 0 Å². The third-order valence-corrected chi connectivity index (χ3v) is 4.73. The van der Waals surface area contributed by atoms with Gasteiger partial charge in [-0.25, -0.2) is 4.39 Å². The van der Waals surface area contributed by atoms with Gasteiger partial charge in [0.1, 0.15) is 5.82 Å². The fourth-order valence-electron chi connectivity index (χ4n) is 3.51. The number of rotatable bonds is 2. The highest BCUT2D eigenvalue weighted by Crippen LogP contribution is 2.29. The highest BCUT2D eigenvalue weighted by Gasteiger charge is 2.25. The monoisotopic (exact) mass is 326 g/mol. The van der Waals surface area contributed by atoms with Gasteiger partial charge < -0.3 is 10.2 Å². The van der Waals surface area contributed by atoms with E-state index in [1.54, 1.807) is 11.0 Å². The molecule has 0 saturated carbocycles. The quantitative estimate of drug-likeness (QED) is 0.904. The molecule has 2 heterocycles. The number of piperidine rings is 1. The summed E-state index contributed by atoms with van der Waals surface area (Å²) < 4.78 is 14.5. The molecule has 1 aromatic carbocycles. The molecule has 2 saturated heterocycles. The molecule has 0 unspecified atom stereocenters. The van der Waals surface area contributed by atoms with Crippen LogP contribution in [0.3, 0.4) is 0 Å². The summed E-state index contributed by atoms with van der Waals surface area (Å²) in [4.78, 5) is 14.2. The molecule has 3 rings (SSSR count). The van der Waals surface area contributed by atoms with Crippen molar-refractivity contribution in [1.82, 2.24) is 10.2 Å². The Hall–Kier alpha value is -1.13. The third-order valence-electron chi connectivity index (χ3n) is 4.73. The minimum Gasteiger partial charge on any atom is -0.339 e. The third kappa shape index (κ3) is 3.44. The van der Waals surface area contributed by atoms with Crippen LogP contribution in [-0.4, -0.2) is 37.0 Å². The van der Waals surface area contributed by atoms with Gasteiger partial charge in [0.2, 0.25) is 0 Å². The van der Waals surface area contributed by atoms with Crippen molar-refractivity contribution >= 4 is 18.3 Å². The summed E-state index contributed by atoms with van der Waals surface area (Å²) in [6, 6.07) is 3.61. The minimum atomic E-state index is -0.347. The van der Waals surface area contributed by atoms with Crippen LogP contribution in [0, 0.1) is 12.7 Å². The summed E-state index contributed by atoms with van der Waals surface area (Å²) >= 11 is 0. The van der Waals surface area contributed by atoms with Crippen LogP contribution in [-0.2, 0) is 0 Å². The Morgan fingerprint density at radius 3 is 2.45 bits per heavy atom. The van der Waals surface area contributed by atoms with Gasteiger partial charge in [-0.1, -0.05) is 6.07 Å². The average molecular weight is 327 g/mol. The van der Waals surface area contributed by atoms with E-state index in [0.29, 0.717) is 5.92 Å². The lowest BCUT2D eigenvalue weighted by Crippen LogP contribution is -2.29. The second-order valence-corrected chi connectivity index (χ2v) is 6.22. The van der Waals surface area contributed by atoms with Gasteiger partial charge in [0, 0.05) is 13.1 Å². The van der Waals surface area contributed by atoms with Gasteiger partial charge in [-0.3, -0.25) is 4.79 Å². The maximum absolute atomic E-state index is 14.5. The van der Waals surface area contributed by atoms with Crippen LogP contribution >= 0.6 is 12.4 Å². The second-order valence-electron chi connectivity index (χ2n) is 6.22. The molecule has 0 spiro atoms. The van der Waals surface area contributed by atoms with Gasteiger partial charge in [-0.15, -0.1) is 12.4 Å². The van der Waals surface area contributed by atoms with Gasteiger partial charge in [0.05, 0.1) is 5.56 Å². The first kappa shape index (κ1) is 17.2. The van der Waals surface area contributed by atoms with E-state index in [0.717, 1.165) is 63.0 Å². The highest BCUT2D eigenvalue weighted by molar-refractivity contribution is 5.96. The number of carbonyl (C=O) groups is 1. The van der Waals surface area contributed by atoms with E-state index < -0.39 is 0 Å². The number of nitrogens with zero attached hydrogens (tertiary/aromatic N) is 1. The number of carbonyl (C=O) groups excluding carboxylic acids is 1. The van der Waals surface area contributed by atoms with E-state index in [-0.39, 0.29) is 29.7 Å². The zero-order valence-electron chi connectivity index (χ0n) is 13.0. The molecule has 0 aliphatic carbocycles. The van der Waals surface area contributed by atoms with Gasteiger partial charge in [0.25, 0.3) is 5.91 Å². The molecule has 1 N–H and O–H groups in total. The molecule has 2 aliphatic rings. The molecule has 122 valence electrons. The SMILES string of the molecule is Cc1cc(C2CCNCC2)cc(F)c1C(=O)N1CCCC1.Cl. The Balaban J connectivity index is 0.00000176. The van der Waals surface area contributed by atoms with Gasteiger partial charge >= 0.3 is 0 Å².